The summed E-state index contributed by atoms with van der Waals surface area (Å²) < 4.78 is 3.88. The van der Waals surface area contributed by atoms with E-state index in [1.807, 2.05) is 33.9 Å². The zero-order valence-corrected chi connectivity index (χ0v) is 18.5. The van der Waals surface area contributed by atoms with Gasteiger partial charge in [-0.2, -0.15) is 10.2 Å². The van der Waals surface area contributed by atoms with E-state index in [4.69, 9.17) is 10.7 Å². The van der Waals surface area contributed by atoms with Crippen LogP contribution in [-0.4, -0.2) is 61.7 Å². The van der Waals surface area contributed by atoms with Crippen molar-refractivity contribution in [2.24, 2.45) is 10.7 Å². The van der Waals surface area contributed by atoms with E-state index < -0.39 is 0 Å². The summed E-state index contributed by atoms with van der Waals surface area (Å²) in [4.78, 5) is 12.0. The highest BCUT2D eigenvalue weighted by atomic mass is 15.3. The van der Waals surface area contributed by atoms with Crippen LogP contribution in [0.2, 0.25) is 0 Å². The van der Waals surface area contributed by atoms with Crippen LogP contribution in [0.1, 0.15) is 51.3 Å². The Balaban J connectivity index is 1.60. The van der Waals surface area contributed by atoms with Gasteiger partial charge in [-0.05, 0) is 44.8 Å². The molecule has 1 saturated heterocycles. The molecule has 0 saturated carbocycles. The van der Waals surface area contributed by atoms with Gasteiger partial charge in [0.2, 0.25) is 0 Å². The second-order valence-corrected chi connectivity index (χ2v) is 8.02. The van der Waals surface area contributed by atoms with Gasteiger partial charge in [0, 0.05) is 36.3 Å². The molecule has 4 rings (SSSR count). The molecule has 1 aliphatic rings. The zero-order valence-electron chi connectivity index (χ0n) is 18.5. The molecular formula is C23H32N8. The Labute approximate surface area is 183 Å². The average molecular weight is 421 g/mol. The molecular weight excluding hydrogens is 388 g/mol. The maximum absolute atomic E-state index is 5.95. The molecule has 0 aromatic carbocycles. The minimum absolute atomic E-state index is 0.389. The average Bonchev–Trinajstić information content (AvgIpc) is 3.55. The highest BCUT2D eigenvalue weighted by Gasteiger charge is 2.15. The Hall–Kier alpha value is -3.00. The smallest absolute Gasteiger partial charge is 0.0999 e. The topological polar surface area (TPSA) is 89.6 Å². The molecule has 0 bridgehead atoms. The van der Waals surface area contributed by atoms with Crippen molar-refractivity contribution < 1.29 is 0 Å². The van der Waals surface area contributed by atoms with Gasteiger partial charge in [0.1, 0.15) is 0 Å². The molecule has 0 amide bonds. The first kappa shape index (κ1) is 21.2. The summed E-state index contributed by atoms with van der Waals surface area (Å²) in [7, 11) is 0. The zero-order chi connectivity index (χ0) is 21.6. The number of likely N-dealkylation sites (tertiary alicyclic amines) is 1. The predicted octanol–water partition coefficient (Wildman–Crippen LogP) is 3.42. The Morgan fingerprint density at radius 2 is 2.00 bits per heavy atom. The number of nitrogens with zero attached hydrogens (tertiary/aromatic N) is 7. The lowest BCUT2D eigenvalue weighted by Crippen LogP contribution is -2.22. The van der Waals surface area contributed by atoms with Crippen LogP contribution in [-0.2, 0) is 0 Å². The first-order valence-corrected chi connectivity index (χ1v) is 11.3. The molecule has 1 aliphatic heterocycles. The molecule has 1 fully saturated rings. The third-order valence-corrected chi connectivity index (χ3v) is 6.03. The highest BCUT2D eigenvalue weighted by molar-refractivity contribution is 6.09. The first-order chi connectivity index (χ1) is 15.2. The van der Waals surface area contributed by atoms with E-state index in [1.165, 1.54) is 25.9 Å². The van der Waals surface area contributed by atoms with Crippen molar-refractivity contribution in [2.75, 3.05) is 26.2 Å². The summed E-state index contributed by atoms with van der Waals surface area (Å²) >= 11 is 0. The third-order valence-electron chi connectivity index (χ3n) is 6.03. The third kappa shape index (κ3) is 4.69. The van der Waals surface area contributed by atoms with Crippen molar-refractivity contribution in [3.8, 4) is 11.3 Å². The quantitative estimate of drug-likeness (QED) is 0.536. The monoisotopic (exact) mass is 420 g/mol. The van der Waals surface area contributed by atoms with Gasteiger partial charge in [-0.15, -0.1) is 0 Å². The van der Waals surface area contributed by atoms with E-state index in [1.54, 1.807) is 12.4 Å². The van der Waals surface area contributed by atoms with Crippen molar-refractivity contribution in [3.63, 3.8) is 0 Å². The maximum Gasteiger partial charge on any atom is 0.0999 e. The van der Waals surface area contributed by atoms with E-state index in [0.29, 0.717) is 6.04 Å². The number of aliphatic imine (C=N–C) groups is 1. The highest BCUT2D eigenvalue weighted by Crippen LogP contribution is 2.26. The number of nitrogens with two attached hydrogens (primary N) is 1. The van der Waals surface area contributed by atoms with Crippen LogP contribution in [0.5, 0.6) is 0 Å². The van der Waals surface area contributed by atoms with Crippen LogP contribution in [0.15, 0.2) is 42.0 Å². The van der Waals surface area contributed by atoms with Gasteiger partial charge >= 0.3 is 0 Å². The maximum atomic E-state index is 5.95. The van der Waals surface area contributed by atoms with Crippen LogP contribution >= 0.6 is 0 Å². The molecule has 3 aromatic heterocycles. The molecule has 0 radical (unpaired) electrons. The molecule has 0 atom stereocenters. The number of hydrogen-bond acceptors (Lipinski definition) is 6. The summed E-state index contributed by atoms with van der Waals surface area (Å²) in [5.41, 5.74) is 10.2. The number of aromatic nitrogens is 5. The van der Waals surface area contributed by atoms with Crippen LogP contribution in [0.4, 0.5) is 0 Å². The molecule has 0 aliphatic carbocycles. The lowest BCUT2D eigenvalue weighted by Gasteiger charge is -2.12. The predicted molar refractivity (Wildman–Crippen MR) is 125 cm³/mol. The van der Waals surface area contributed by atoms with Crippen molar-refractivity contribution in [2.45, 2.75) is 45.6 Å². The fourth-order valence-electron chi connectivity index (χ4n) is 4.16. The fourth-order valence-corrected chi connectivity index (χ4v) is 4.16. The summed E-state index contributed by atoms with van der Waals surface area (Å²) in [6.07, 6.45) is 15.7. The van der Waals surface area contributed by atoms with E-state index in [-0.39, 0.29) is 0 Å². The SMILES string of the molecule is CCC(CC)n1cc(-c2nc(C(C=NCCN3CCCC3)=CN)cn3nccc23)cn1. The van der Waals surface area contributed by atoms with E-state index >= 15 is 0 Å². The van der Waals surface area contributed by atoms with Gasteiger partial charge in [0.05, 0.1) is 48.1 Å². The van der Waals surface area contributed by atoms with Crippen molar-refractivity contribution in [3.05, 3.63) is 42.7 Å². The minimum atomic E-state index is 0.389. The summed E-state index contributed by atoms with van der Waals surface area (Å²) in [6.45, 7) is 8.48. The van der Waals surface area contributed by atoms with Crippen LogP contribution in [0.25, 0.3) is 22.3 Å². The molecule has 4 heterocycles. The molecule has 3 aromatic rings. The lowest BCUT2D eigenvalue weighted by molar-refractivity contribution is 0.349. The van der Waals surface area contributed by atoms with Crippen molar-refractivity contribution in [1.82, 2.24) is 29.3 Å². The van der Waals surface area contributed by atoms with Gasteiger partial charge < -0.3 is 10.6 Å². The normalized spacial score (nSPS) is 15.8. The summed E-state index contributed by atoms with van der Waals surface area (Å²) in [5.74, 6) is 0. The molecule has 0 unspecified atom stereocenters. The fraction of sp³-hybridized carbons (Fsp3) is 0.478. The van der Waals surface area contributed by atoms with Gasteiger partial charge in [-0.3, -0.25) is 9.67 Å². The molecule has 164 valence electrons. The number of fused-ring (bicyclic) bond motifs is 1. The van der Waals surface area contributed by atoms with Crippen molar-refractivity contribution >= 4 is 17.3 Å². The molecule has 31 heavy (non-hydrogen) atoms. The number of hydrogen-bond donors (Lipinski definition) is 1. The van der Waals surface area contributed by atoms with Gasteiger partial charge in [0.25, 0.3) is 0 Å². The lowest BCUT2D eigenvalue weighted by atomic mass is 10.1. The molecule has 8 nitrogen and oxygen atoms in total. The number of allylic oxidation sites excluding steroid dienone is 1. The summed E-state index contributed by atoms with van der Waals surface area (Å²) in [6, 6.07) is 2.36. The van der Waals surface area contributed by atoms with E-state index in [2.05, 4.69) is 40.1 Å². The van der Waals surface area contributed by atoms with Crippen molar-refractivity contribution in [1.29, 1.82) is 0 Å². The van der Waals surface area contributed by atoms with E-state index in [9.17, 15) is 0 Å². The Bertz CT molecular complexity index is 1050. The largest absolute Gasteiger partial charge is 0.404 e. The van der Waals surface area contributed by atoms with Crippen LogP contribution in [0.3, 0.4) is 0 Å². The Kier molecular flexibility index (Phi) is 6.76. The second kappa shape index (κ2) is 9.87. The van der Waals surface area contributed by atoms with Gasteiger partial charge in [-0.25, -0.2) is 9.50 Å². The second-order valence-electron chi connectivity index (χ2n) is 8.02. The van der Waals surface area contributed by atoms with Gasteiger partial charge in [0.15, 0.2) is 0 Å². The minimum Gasteiger partial charge on any atom is -0.404 e. The van der Waals surface area contributed by atoms with E-state index in [0.717, 1.165) is 54.0 Å². The van der Waals surface area contributed by atoms with Crippen LogP contribution < -0.4 is 5.73 Å². The standard InChI is InChI=1S/C23H32N8/c1-3-20(4-2)30-16-19(15-27-30)23-22-7-8-26-31(22)17-21(28-23)18(13-24)14-25-9-12-29-10-5-6-11-29/h7-8,13-17,20H,3-6,9-12,24H2,1-2H3. The molecule has 2 N–H and O–H groups in total. The first-order valence-electron chi connectivity index (χ1n) is 11.3. The molecule has 0 spiro atoms. The van der Waals surface area contributed by atoms with Crippen LogP contribution in [0, 0.1) is 0 Å². The Morgan fingerprint density at radius 3 is 2.74 bits per heavy atom. The van der Waals surface area contributed by atoms with Gasteiger partial charge in [-0.1, -0.05) is 13.8 Å². The summed E-state index contributed by atoms with van der Waals surface area (Å²) in [5, 5.41) is 9.03. The number of rotatable bonds is 9. The molecule has 8 heteroatoms. The Morgan fingerprint density at radius 1 is 1.19 bits per heavy atom.